The monoisotopic (exact) mass is 240 g/mol. The molecule has 1 atom stereocenters. The molecule has 1 aromatic heterocycles. The van der Waals surface area contributed by atoms with Crippen LogP contribution < -0.4 is 5.73 Å². The van der Waals surface area contributed by atoms with Crippen LogP contribution in [-0.2, 0) is 11.8 Å². The summed E-state index contributed by atoms with van der Waals surface area (Å²) in [5, 5.41) is 3.45. The molecular weight excluding hydrogens is 216 g/mol. The van der Waals surface area contributed by atoms with Gasteiger partial charge in [-0.25, -0.2) is 4.98 Å². The maximum Gasteiger partial charge on any atom is 0.0928 e. The molecule has 3 heteroatoms. The second-order valence-corrected chi connectivity index (χ2v) is 6.12. The van der Waals surface area contributed by atoms with Crippen molar-refractivity contribution in [3.05, 3.63) is 16.1 Å². The smallest absolute Gasteiger partial charge is 0.0928 e. The predicted molar refractivity (Wildman–Crippen MR) is 72.0 cm³/mol. The summed E-state index contributed by atoms with van der Waals surface area (Å²) in [4.78, 5) is 4.73. The molecule has 0 fully saturated rings. The van der Waals surface area contributed by atoms with Gasteiger partial charge in [-0.05, 0) is 25.2 Å². The van der Waals surface area contributed by atoms with Crippen LogP contribution in [0.5, 0.6) is 0 Å². The lowest BCUT2D eigenvalue weighted by molar-refractivity contribution is 0.454. The van der Waals surface area contributed by atoms with E-state index in [1.54, 1.807) is 11.3 Å². The molecule has 1 rings (SSSR count). The Morgan fingerprint density at radius 3 is 2.69 bits per heavy atom. The first-order valence-electron chi connectivity index (χ1n) is 6.16. The van der Waals surface area contributed by atoms with Gasteiger partial charge < -0.3 is 5.73 Å². The van der Waals surface area contributed by atoms with Crippen molar-refractivity contribution in [3.8, 4) is 0 Å². The molecule has 1 aromatic rings. The highest BCUT2D eigenvalue weighted by Gasteiger charge is 2.25. The van der Waals surface area contributed by atoms with E-state index in [0.29, 0.717) is 6.54 Å². The Balaban J connectivity index is 2.70. The molecule has 0 aromatic carbocycles. The van der Waals surface area contributed by atoms with Crippen molar-refractivity contribution in [1.82, 2.24) is 4.98 Å². The van der Waals surface area contributed by atoms with Crippen LogP contribution in [0, 0.1) is 5.92 Å². The van der Waals surface area contributed by atoms with Gasteiger partial charge in [0.25, 0.3) is 0 Å². The van der Waals surface area contributed by atoms with Crippen LogP contribution in [0.25, 0.3) is 0 Å². The van der Waals surface area contributed by atoms with E-state index in [4.69, 9.17) is 10.7 Å². The number of thiazole rings is 1. The van der Waals surface area contributed by atoms with Gasteiger partial charge in [0.05, 0.1) is 10.7 Å². The van der Waals surface area contributed by atoms with Gasteiger partial charge in [0.1, 0.15) is 0 Å². The van der Waals surface area contributed by atoms with Crippen LogP contribution in [0.3, 0.4) is 0 Å². The van der Waals surface area contributed by atoms with Crippen molar-refractivity contribution in [2.24, 2.45) is 11.7 Å². The minimum absolute atomic E-state index is 0.0621. The molecule has 0 aliphatic carbocycles. The van der Waals surface area contributed by atoms with E-state index in [1.165, 1.54) is 17.1 Å². The quantitative estimate of drug-likeness (QED) is 0.828. The lowest BCUT2D eigenvalue weighted by Gasteiger charge is -2.23. The number of aryl methyl sites for hydroxylation is 1. The minimum Gasteiger partial charge on any atom is -0.330 e. The Bertz CT molecular complexity index is 313. The van der Waals surface area contributed by atoms with Crippen LogP contribution in [0.4, 0.5) is 0 Å². The molecule has 0 spiro atoms. The number of aromatic nitrogens is 1. The molecule has 0 aliphatic rings. The molecule has 0 saturated heterocycles. The molecule has 0 amide bonds. The largest absolute Gasteiger partial charge is 0.330 e. The first kappa shape index (κ1) is 13.7. The number of hydrogen-bond donors (Lipinski definition) is 1. The van der Waals surface area contributed by atoms with Crippen LogP contribution >= 0.6 is 11.3 Å². The molecule has 1 unspecified atom stereocenters. The van der Waals surface area contributed by atoms with Gasteiger partial charge in [0, 0.05) is 17.3 Å². The fraction of sp³-hybridized carbons (Fsp3) is 0.769. The van der Waals surface area contributed by atoms with E-state index >= 15 is 0 Å². The molecule has 0 radical (unpaired) electrons. The Morgan fingerprint density at radius 2 is 2.19 bits per heavy atom. The van der Waals surface area contributed by atoms with E-state index in [9.17, 15) is 0 Å². The Morgan fingerprint density at radius 1 is 1.50 bits per heavy atom. The number of nitrogens with zero attached hydrogens (tertiary/aromatic N) is 1. The van der Waals surface area contributed by atoms with Crippen LogP contribution in [0.2, 0.25) is 0 Å². The molecule has 2 N–H and O–H groups in total. The summed E-state index contributed by atoms with van der Waals surface area (Å²) in [5.41, 5.74) is 7.09. The van der Waals surface area contributed by atoms with Crippen LogP contribution in [0.1, 0.15) is 51.2 Å². The number of nitrogens with two attached hydrogens (primary N) is 1. The second-order valence-electron chi connectivity index (χ2n) is 5.18. The van der Waals surface area contributed by atoms with E-state index in [1.807, 2.05) is 0 Å². The molecule has 16 heavy (non-hydrogen) atoms. The molecule has 2 nitrogen and oxygen atoms in total. The SMILES string of the molecule is CCC(C)(CN)c1csc(CCC(C)C)n1. The average molecular weight is 240 g/mol. The highest BCUT2D eigenvalue weighted by atomic mass is 32.1. The first-order valence-corrected chi connectivity index (χ1v) is 7.04. The molecule has 0 bridgehead atoms. The van der Waals surface area contributed by atoms with Crippen molar-refractivity contribution in [3.63, 3.8) is 0 Å². The summed E-state index contributed by atoms with van der Waals surface area (Å²) >= 11 is 1.78. The standard InChI is InChI=1S/C13H24N2S/c1-5-13(4,9-14)11-8-16-12(15-11)7-6-10(2)3/h8,10H,5-7,9,14H2,1-4H3. The zero-order valence-electron chi connectivity index (χ0n) is 10.9. The highest BCUT2D eigenvalue weighted by Crippen LogP contribution is 2.28. The molecule has 1 heterocycles. The first-order chi connectivity index (χ1) is 7.51. The summed E-state index contributed by atoms with van der Waals surface area (Å²) in [5.74, 6) is 0.749. The van der Waals surface area contributed by atoms with Gasteiger partial charge in [-0.1, -0.05) is 27.7 Å². The maximum atomic E-state index is 5.85. The number of hydrogen-bond acceptors (Lipinski definition) is 3. The minimum atomic E-state index is 0.0621. The van der Waals surface area contributed by atoms with Gasteiger partial charge in [-0.3, -0.25) is 0 Å². The third-order valence-corrected chi connectivity index (χ3v) is 4.25. The van der Waals surface area contributed by atoms with E-state index in [0.717, 1.165) is 18.8 Å². The summed E-state index contributed by atoms with van der Waals surface area (Å²) in [6.45, 7) is 9.57. The normalized spacial score (nSPS) is 15.4. The van der Waals surface area contributed by atoms with Crippen molar-refractivity contribution >= 4 is 11.3 Å². The van der Waals surface area contributed by atoms with E-state index in [2.05, 4.69) is 33.1 Å². The Kier molecular flexibility index (Phi) is 4.93. The summed E-state index contributed by atoms with van der Waals surface area (Å²) in [6.07, 6.45) is 3.38. The van der Waals surface area contributed by atoms with Gasteiger partial charge in [0.15, 0.2) is 0 Å². The molecule has 0 saturated carbocycles. The zero-order valence-corrected chi connectivity index (χ0v) is 11.7. The van der Waals surface area contributed by atoms with Crippen molar-refractivity contribution in [2.75, 3.05) is 6.54 Å². The van der Waals surface area contributed by atoms with Gasteiger partial charge in [-0.2, -0.15) is 0 Å². The van der Waals surface area contributed by atoms with E-state index in [-0.39, 0.29) is 5.41 Å². The second kappa shape index (κ2) is 5.78. The lowest BCUT2D eigenvalue weighted by Crippen LogP contribution is -2.31. The summed E-state index contributed by atoms with van der Waals surface area (Å²) in [6, 6.07) is 0. The topological polar surface area (TPSA) is 38.9 Å². The maximum absolute atomic E-state index is 5.85. The molecule has 92 valence electrons. The van der Waals surface area contributed by atoms with Gasteiger partial charge in [0.2, 0.25) is 0 Å². The zero-order chi connectivity index (χ0) is 12.2. The fourth-order valence-corrected chi connectivity index (χ4v) is 2.52. The van der Waals surface area contributed by atoms with Crippen molar-refractivity contribution in [2.45, 2.75) is 52.4 Å². The average Bonchev–Trinajstić information content (AvgIpc) is 2.74. The van der Waals surface area contributed by atoms with Crippen molar-refractivity contribution in [1.29, 1.82) is 0 Å². The number of rotatable bonds is 6. The van der Waals surface area contributed by atoms with E-state index < -0.39 is 0 Å². The third kappa shape index (κ3) is 3.29. The Labute approximate surface area is 103 Å². The van der Waals surface area contributed by atoms with Crippen LogP contribution in [0.15, 0.2) is 5.38 Å². The van der Waals surface area contributed by atoms with Crippen molar-refractivity contribution < 1.29 is 0 Å². The van der Waals surface area contributed by atoms with Gasteiger partial charge in [-0.15, -0.1) is 11.3 Å². The van der Waals surface area contributed by atoms with Gasteiger partial charge >= 0.3 is 0 Å². The summed E-state index contributed by atoms with van der Waals surface area (Å²) in [7, 11) is 0. The molecule has 0 aliphatic heterocycles. The van der Waals surface area contributed by atoms with Crippen LogP contribution in [-0.4, -0.2) is 11.5 Å². The fourth-order valence-electron chi connectivity index (χ4n) is 1.55. The highest BCUT2D eigenvalue weighted by molar-refractivity contribution is 7.09. The molecular formula is C13H24N2S. The summed E-state index contributed by atoms with van der Waals surface area (Å²) < 4.78 is 0. The Hall–Kier alpha value is -0.410. The lowest BCUT2D eigenvalue weighted by atomic mass is 9.85. The third-order valence-electron chi connectivity index (χ3n) is 3.34. The predicted octanol–water partition coefficient (Wildman–Crippen LogP) is 3.36.